The fourth-order valence-electron chi connectivity index (χ4n) is 2.30. The summed E-state index contributed by atoms with van der Waals surface area (Å²) in [4.78, 5) is 15.5. The van der Waals surface area contributed by atoms with Crippen LogP contribution in [0.3, 0.4) is 0 Å². The van der Waals surface area contributed by atoms with Gasteiger partial charge in [-0.3, -0.25) is 4.79 Å². The van der Waals surface area contributed by atoms with Crippen LogP contribution in [0.2, 0.25) is 0 Å². The molecule has 0 spiro atoms. The molecule has 1 aliphatic rings. The first-order chi connectivity index (χ1) is 9.16. The van der Waals surface area contributed by atoms with Gasteiger partial charge in [0.1, 0.15) is 0 Å². The molecule has 0 atom stereocenters. The van der Waals surface area contributed by atoms with Crippen LogP contribution in [-0.2, 0) is 4.79 Å². The topological polar surface area (TPSA) is 35.6 Å². The van der Waals surface area contributed by atoms with Crippen molar-refractivity contribution in [2.45, 2.75) is 19.3 Å². The van der Waals surface area contributed by atoms with Gasteiger partial charge in [0.2, 0.25) is 5.91 Å². The zero-order valence-electron chi connectivity index (χ0n) is 11.9. The van der Waals surface area contributed by atoms with E-state index < -0.39 is 0 Å². The molecule has 1 saturated heterocycles. The van der Waals surface area contributed by atoms with Crippen LogP contribution in [0.1, 0.15) is 19.3 Å². The number of benzene rings is 1. The molecule has 0 aromatic heterocycles. The molecule has 1 N–H and O–H groups in total. The molecule has 0 aliphatic carbocycles. The summed E-state index contributed by atoms with van der Waals surface area (Å²) >= 11 is 0. The summed E-state index contributed by atoms with van der Waals surface area (Å²) in [5, 5.41) is 3.28. The molecule has 19 heavy (non-hydrogen) atoms. The average Bonchev–Trinajstić information content (AvgIpc) is 2.93. The van der Waals surface area contributed by atoms with Crippen molar-refractivity contribution in [3.05, 3.63) is 24.3 Å². The van der Waals surface area contributed by atoms with Gasteiger partial charge in [0.15, 0.2) is 0 Å². The Morgan fingerprint density at radius 2 is 1.84 bits per heavy atom. The molecule has 4 nitrogen and oxygen atoms in total. The average molecular weight is 261 g/mol. The zero-order chi connectivity index (χ0) is 13.7. The third-order valence-electron chi connectivity index (χ3n) is 3.51. The lowest BCUT2D eigenvalue weighted by molar-refractivity contribution is -0.128. The number of carbonyl (C=O) groups excluding carboxylic acids is 1. The van der Waals surface area contributed by atoms with E-state index in [1.54, 1.807) is 19.0 Å². The van der Waals surface area contributed by atoms with E-state index in [1.807, 2.05) is 0 Å². The lowest BCUT2D eigenvalue weighted by Crippen LogP contribution is -2.23. The van der Waals surface area contributed by atoms with Gasteiger partial charge in [0.05, 0.1) is 0 Å². The molecular weight excluding hydrogens is 238 g/mol. The predicted octanol–water partition coefficient (Wildman–Crippen LogP) is 2.18. The van der Waals surface area contributed by atoms with Crippen molar-refractivity contribution < 1.29 is 4.79 Å². The Bertz CT molecular complexity index is 408. The SMILES string of the molecule is CN(C)C(=O)CCNc1ccc(N2CCCC2)cc1. The number of hydrogen-bond donors (Lipinski definition) is 1. The molecule has 104 valence electrons. The molecule has 1 aliphatic heterocycles. The normalized spacial score (nSPS) is 14.5. The van der Waals surface area contributed by atoms with Crippen LogP contribution in [0.15, 0.2) is 24.3 Å². The Morgan fingerprint density at radius 1 is 1.21 bits per heavy atom. The van der Waals surface area contributed by atoms with Crippen molar-refractivity contribution in [1.29, 1.82) is 0 Å². The van der Waals surface area contributed by atoms with Crippen molar-refractivity contribution in [3.63, 3.8) is 0 Å². The fourth-order valence-corrected chi connectivity index (χ4v) is 2.30. The second kappa shape index (κ2) is 6.45. The Labute approximate surface area is 115 Å². The second-order valence-corrected chi connectivity index (χ2v) is 5.21. The van der Waals surface area contributed by atoms with Crippen molar-refractivity contribution in [3.8, 4) is 0 Å². The number of nitrogens with zero attached hydrogens (tertiary/aromatic N) is 2. The molecule has 4 heteroatoms. The van der Waals surface area contributed by atoms with E-state index in [0.717, 1.165) is 5.69 Å². The monoisotopic (exact) mass is 261 g/mol. The van der Waals surface area contributed by atoms with E-state index in [9.17, 15) is 4.79 Å². The van der Waals surface area contributed by atoms with Gasteiger partial charge in [0.25, 0.3) is 0 Å². The van der Waals surface area contributed by atoms with Gasteiger partial charge >= 0.3 is 0 Å². The van der Waals surface area contributed by atoms with Crippen molar-refractivity contribution in [2.75, 3.05) is 43.9 Å². The van der Waals surface area contributed by atoms with E-state index in [0.29, 0.717) is 13.0 Å². The molecule has 1 fully saturated rings. The minimum Gasteiger partial charge on any atom is -0.385 e. The maximum atomic E-state index is 11.4. The van der Waals surface area contributed by atoms with Crippen LogP contribution in [-0.4, -0.2) is 44.5 Å². The number of nitrogens with one attached hydrogen (secondary N) is 1. The summed E-state index contributed by atoms with van der Waals surface area (Å²) in [6.07, 6.45) is 3.13. The van der Waals surface area contributed by atoms with Crippen LogP contribution in [0.25, 0.3) is 0 Å². The number of carbonyl (C=O) groups is 1. The first kappa shape index (κ1) is 13.7. The molecule has 0 radical (unpaired) electrons. The molecule has 1 aromatic carbocycles. The van der Waals surface area contributed by atoms with Gasteiger partial charge in [-0.25, -0.2) is 0 Å². The highest BCUT2D eigenvalue weighted by atomic mass is 16.2. The molecule has 0 unspecified atom stereocenters. The molecule has 1 aromatic rings. The highest BCUT2D eigenvalue weighted by Gasteiger charge is 2.11. The maximum Gasteiger partial charge on any atom is 0.223 e. The molecule has 0 saturated carbocycles. The number of anilines is 2. The third-order valence-corrected chi connectivity index (χ3v) is 3.51. The summed E-state index contributed by atoms with van der Waals surface area (Å²) in [5.41, 5.74) is 2.38. The van der Waals surface area contributed by atoms with Crippen molar-refractivity contribution >= 4 is 17.3 Å². The van der Waals surface area contributed by atoms with Gasteiger partial charge in [-0.1, -0.05) is 0 Å². The Kier molecular flexibility index (Phi) is 4.66. The minimum absolute atomic E-state index is 0.154. The molecular formula is C15H23N3O. The highest BCUT2D eigenvalue weighted by molar-refractivity contribution is 5.76. The van der Waals surface area contributed by atoms with Gasteiger partial charge in [0, 0.05) is 51.5 Å². The summed E-state index contributed by atoms with van der Waals surface area (Å²) in [7, 11) is 3.57. The smallest absolute Gasteiger partial charge is 0.223 e. The quantitative estimate of drug-likeness (QED) is 0.882. The Morgan fingerprint density at radius 3 is 2.42 bits per heavy atom. The Balaban J connectivity index is 1.80. The van der Waals surface area contributed by atoms with Crippen LogP contribution < -0.4 is 10.2 Å². The van der Waals surface area contributed by atoms with Gasteiger partial charge in [-0.2, -0.15) is 0 Å². The molecule has 1 heterocycles. The van der Waals surface area contributed by atoms with Crippen molar-refractivity contribution in [2.24, 2.45) is 0 Å². The van der Waals surface area contributed by atoms with E-state index in [-0.39, 0.29) is 5.91 Å². The number of hydrogen-bond acceptors (Lipinski definition) is 3. The molecule has 1 amide bonds. The third kappa shape index (κ3) is 3.88. The summed E-state index contributed by atoms with van der Waals surface area (Å²) in [5.74, 6) is 0.154. The first-order valence-corrected chi connectivity index (χ1v) is 6.96. The van der Waals surface area contributed by atoms with Crippen LogP contribution in [0.5, 0.6) is 0 Å². The largest absolute Gasteiger partial charge is 0.385 e. The van der Waals surface area contributed by atoms with Gasteiger partial charge in [-0.15, -0.1) is 0 Å². The number of rotatable bonds is 5. The van der Waals surface area contributed by atoms with E-state index in [4.69, 9.17) is 0 Å². The Hall–Kier alpha value is -1.71. The summed E-state index contributed by atoms with van der Waals surface area (Å²) in [6.45, 7) is 3.02. The highest BCUT2D eigenvalue weighted by Crippen LogP contribution is 2.21. The second-order valence-electron chi connectivity index (χ2n) is 5.21. The first-order valence-electron chi connectivity index (χ1n) is 6.96. The van der Waals surface area contributed by atoms with E-state index >= 15 is 0 Å². The van der Waals surface area contributed by atoms with E-state index in [2.05, 4.69) is 34.5 Å². The maximum absolute atomic E-state index is 11.4. The molecule has 2 rings (SSSR count). The lowest BCUT2D eigenvalue weighted by atomic mass is 10.2. The lowest BCUT2D eigenvalue weighted by Gasteiger charge is -2.18. The minimum atomic E-state index is 0.154. The number of amides is 1. The van der Waals surface area contributed by atoms with Crippen LogP contribution >= 0.6 is 0 Å². The summed E-state index contributed by atoms with van der Waals surface area (Å²) in [6, 6.07) is 8.49. The van der Waals surface area contributed by atoms with Gasteiger partial charge < -0.3 is 15.1 Å². The van der Waals surface area contributed by atoms with Crippen LogP contribution in [0.4, 0.5) is 11.4 Å². The van der Waals surface area contributed by atoms with Crippen molar-refractivity contribution in [1.82, 2.24) is 4.90 Å². The summed E-state index contributed by atoms with van der Waals surface area (Å²) < 4.78 is 0. The van der Waals surface area contributed by atoms with Crippen LogP contribution in [0, 0.1) is 0 Å². The standard InChI is InChI=1S/C15H23N3O/c1-17(2)15(19)9-10-16-13-5-7-14(8-6-13)18-11-3-4-12-18/h5-8,16H,3-4,9-12H2,1-2H3. The fraction of sp³-hybridized carbons (Fsp3) is 0.533. The predicted molar refractivity (Wildman–Crippen MR) is 79.7 cm³/mol. The van der Waals surface area contributed by atoms with Gasteiger partial charge in [-0.05, 0) is 37.1 Å². The molecule has 0 bridgehead atoms. The zero-order valence-corrected chi connectivity index (χ0v) is 11.9. The van der Waals surface area contributed by atoms with E-state index in [1.165, 1.54) is 31.6 Å².